The Bertz CT molecular complexity index is 614. The molecule has 2 rings (SSSR count). The van der Waals surface area contributed by atoms with Crippen molar-refractivity contribution in [3.05, 3.63) is 65.0 Å². The zero-order valence-electron chi connectivity index (χ0n) is 10.8. The first-order valence-corrected chi connectivity index (χ1v) is 6.19. The zero-order valence-corrected chi connectivity index (χ0v) is 10.8. The van der Waals surface area contributed by atoms with E-state index in [1.807, 2.05) is 25.1 Å². The molecule has 0 aromatic heterocycles. The average molecular weight is 254 g/mol. The van der Waals surface area contributed by atoms with Crippen LogP contribution >= 0.6 is 0 Å². The predicted molar refractivity (Wildman–Crippen MR) is 74.5 cm³/mol. The zero-order chi connectivity index (χ0) is 13.7. The lowest BCUT2D eigenvalue weighted by molar-refractivity contribution is 0.610. The van der Waals surface area contributed by atoms with Gasteiger partial charge in [-0.25, -0.2) is 4.39 Å². The van der Waals surface area contributed by atoms with Gasteiger partial charge in [0.2, 0.25) is 0 Å². The van der Waals surface area contributed by atoms with Gasteiger partial charge in [-0.3, -0.25) is 0 Å². The third kappa shape index (κ3) is 3.11. The fourth-order valence-electron chi connectivity index (χ4n) is 2.02. The first-order chi connectivity index (χ1) is 9.22. The van der Waals surface area contributed by atoms with Gasteiger partial charge in [0.25, 0.3) is 0 Å². The normalized spacial score (nSPS) is 9.95. The van der Waals surface area contributed by atoms with E-state index in [9.17, 15) is 4.39 Å². The Hall–Kier alpha value is -2.34. The maximum absolute atomic E-state index is 13.5. The summed E-state index contributed by atoms with van der Waals surface area (Å²) >= 11 is 0. The highest BCUT2D eigenvalue weighted by Gasteiger charge is 2.05. The number of nitrogens with zero attached hydrogens (tertiary/aromatic N) is 1. The lowest BCUT2D eigenvalue weighted by Gasteiger charge is -2.11. The van der Waals surface area contributed by atoms with Crippen molar-refractivity contribution in [2.24, 2.45) is 0 Å². The summed E-state index contributed by atoms with van der Waals surface area (Å²) in [6.07, 6.45) is 0.589. The highest BCUT2D eigenvalue weighted by molar-refractivity contribution is 5.62. The van der Waals surface area contributed by atoms with Crippen LogP contribution in [-0.4, -0.2) is 6.54 Å². The van der Waals surface area contributed by atoms with E-state index in [0.29, 0.717) is 24.1 Å². The van der Waals surface area contributed by atoms with Crippen molar-refractivity contribution < 1.29 is 4.39 Å². The molecule has 0 aliphatic heterocycles. The molecule has 0 fully saturated rings. The van der Waals surface area contributed by atoms with Crippen LogP contribution in [0, 0.1) is 24.1 Å². The quantitative estimate of drug-likeness (QED) is 0.903. The molecule has 0 heterocycles. The van der Waals surface area contributed by atoms with Crippen molar-refractivity contribution in [1.82, 2.24) is 0 Å². The van der Waals surface area contributed by atoms with E-state index in [1.54, 1.807) is 18.2 Å². The monoisotopic (exact) mass is 254 g/mol. The minimum Gasteiger partial charge on any atom is -0.383 e. The first kappa shape index (κ1) is 13.1. The van der Waals surface area contributed by atoms with Crippen molar-refractivity contribution in [2.45, 2.75) is 13.3 Å². The third-order valence-electron chi connectivity index (χ3n) is 3.05. The molecule has 0 atom stereocenters. The van der Waals surface area contributed by atoms with Crippen LogP contribution in [0.4, 0.5) is 10.1 Å². The minimum absolute atomic E-state index is 0.186. The molecule has 0 unspecified atom stereocenters. The number of rotatable bonds is 4. The number of hydrogen-bond donors (Lipinski definition) is 1. The first-order valence-electron chi connectivity index (χ1n) is 6.19. The van der Waals surface area contributed by atoms with Gasteiger partial charge >= 0.3 is 0 Å². The Kier molecular flexibility index (Phi) is 4.15. The van der Waals surface area contributed by atoms with Crippen LogP contribution in [0.2, 0.25) is 0 Å². The molecular weight excluding hydrogens is 239 g/mol. The maximum Gasteiger partial charge on any atom is 0.126 e. The van der Waals surface area contributed by atoms with Crippen molar-refractivity contribution in [3.8, 4) is 6.07 Å². The summed E-state index contributed by atoms with van der Waals surface area (Å²) in [6.45, 7) is 2.55. The number of hydrogen-bond acceptors (Lipinski definition) is 2. The molecule has 0 amide bonds. The lowest BCUT2D eigenvalue weighted by atomic mass is 10.1. The van der Waals surface area contributed by atoms with Crippen LogP contribution in [0.15, 0.2) is 42.5 Å². The third-order valence-corrected chi connectivity index (χ3v) is 3.05. The summed E-state index contributed by atoms with van der Waals surface area (Å²) in [4.78, 5) is 0. The molecule has 96 valence electrons. The molecule has 3 heteroatoms. The van der Waals surface area contributed by atoms with Crippen LogP contribution in [0.5, 0.6) is 0 Å². The Morgan fingerprint density at radius 3 is 2.68 bits per heavy atom. The van der Waals surface area contributed by atoms with Crippen molar-refractivity contribution >= 4 is 5.69 Å². The van der Waals surface area contributed by atoms with Crippen LogP contribution in [0.25, 0.3) is 0 Å². The number of nitrogens with one attached hydrogen (secondary N) is 1. The van der Waals surface area contributed by atoms with E-state index in [-0.39, 0.29) is 5.82 Å². The lowest BCUT2D eigenvalue weighted by Crippen LogP contribution is -2.08. The van der Waals surface area contributed by atoms with E-state index in [1.165, 1.54) is 6.07 Å². The van der Waals surface area contributed by atoms with Gasteiger partial charge in [-0.05, 0) is 36.6 Å². The predicted octanol–water partition coefficient (Wildman–Crippen LogP) is 3.66. The van der Waals surface area contributed by atoms with E-state index in [2.05, 4.69) is 11.4 Å². The Labute approximate surface area is 112 Å². The summed E-state index contributed by atoms with van der Waals surface area (Å²) in [5, 5.41) is 12.3. The van der Waals surface area contributed by atoms with E-state index < -0.39 is 0 Å². The molecule has 19 heavy (non-hydrogen) atoms. The van der Waals surface area contributed by atoms with Gasteiger partial charge in [0.05, 0.1) is 11.3 Å². The summed E-state index contributed by atoms with van der Waals surface area (Å²) < 4.78 is 13.5. The molecule has 0 aliphatic rings. The fraction of sp³-hybridized carbons (Fsp3) is 0.188. The van der Waals surface area contributed by atoms with Crippen LogP contribution < -0.4 is 5.32 Å². The van der Waals surface area contributed by atoms with Crippen molar-refractivity contribution in [2.75, 3.05) is 11.9 Å². The van der Waals surface area contributed by atoms with Gasteiger partial charge in [-0.15, -0.1) is 0 Å². The van der Waals surface area contributed by atoms with Gasteiger partial charge < -0.3 is 5.32 Å². The number of aryl methyl sites for hydroxylation is 1. The largest absolute Gasteiger partial charge is 0.383 e. The molecule has 2 aromatic carbocycles. The van der Waals surface area contributed by atoms with Gasteiger partial charge in [0, 0.05) is 6.54 Å². The molecule has 0 spiro atoms. The van der Waals surface area contributed by atoms with Gasteiger partial charge in [0.15, 0.2) is 0 Å². The molecule has 0 saturated carbocycles. The minimum atomic E-state index is -0.186. The fourth-order valence-corrected chi connectivity index (χ4v) is 2.02. The van der Waals surface area contributed by atoms with E-state index in [4.69, 9.17) is 5.26 Å². The number of anilines is 1. The van der Waals surface area contributed by atoms with E-state index in [0.717, 1.165) is 11.3 Å². The smallest absolute Gasteiger partial charge is 0.126 e. The molecular formula is C16H15FN2. The van der Waals surface area contributed by atoms with Crippen molar-refractivity contribution in [3.63, 3.8) is 0 Å². The molecule has 0 saturated heterocycles. The highest BCUT2D eigenvalue weighted by atomic mass is 19.1. The SMILES string of the molecule is Cc1cccc(C#N)c1NCCc1ccccc1F. The number of para-hydroxylation sites is 1. The van der Waals surface area contributed by atoms with Crippen LogP contribution in [-0.2, 0) is 6.42 Å². The second-order valence-corrected chi connectivity index (χ2v) is 4.38. The standard InChI is InChI=1S/C16H15FN2/c1-12-5-4-7-14(11-18)16(12)19-10-9-13-6-2-3-8-15(13)17/h2-8,19H,9-10H2,1H3. The summed E-state index contributed by atoms with van der Waals surface area (Å²) in [5.74, 6) is -0.186. The number of halogens is 1. The topological polar surface area (TPSA) is 35.8 Å². The van der Waals surface area contributed by atoms with Gasteiger partial charge in [-0.1, -0.05) is 30.3 Å². The second kappa shape index (κ2) is 6.01. The van der Waals surface area contributed by atoms with Crippen LogP contribution in [0.3, 0.4) is 0 Å². The molecule has 0 radical (unpaired) electrons. The highest BCUT2D eigenvalue weighted by Crippen LogP contribution is 2.19. The molecule has 0 bridgehead atoms. The summed E-state index contributed by atoms with van der Waals surface area (Å²) in [5.41, 5.74) is 3.16. The van der Waals surface area contributed by atoms with E-state index >= 15 is 0 Å². The molecule has 1 N–H and O–H groups in total. The summed E-state index contributed by atoms with van der Waals surface area (Å²) in [6, 6.07) is 14.5. The Morgan fingerprint density at radius 1 is 1.16 bits per heavy atom. The average Bonchev–Trinajstić information content (AvgIpc) is 2.42. The summed E-state index contributed by atoms with van der Waals surface area (Å²) in [7, 11) is 0. The van der Waals surface area contributed by atoms with Gasteiger partial charge in [-0.2, -0.15) is 5.26 Å². The number of nitriles is 1. The Morgan fingerprint density at radius 2 is 1.95 bits per heavy atom. The van der Waals surface area contributed by atoms with Crippen molar-refractivity contribution in [1.29, 1.82) is 5.26 Å². The van der Waals surface area contributed by atoms with Crippen LogP contribution in [0.1, 0.15) is 16.7 Å². The number of benzene rings is 2. The Balaban J connectivity index is 2.05. The molecule has 2 nitrogen and oxygen atoms in total. The van der Waals surface area contributed by atoms with Gasteiger partial charge in [0.1, 0.15) is 11.9 Å². The molecule has 0 aliphatic carbocycles. The second-order valence-electron chi connectivity index (χ2n) is 4.38. The maximum atomic E-state index is 13.5. The molecule has 2 aromatic rings.